The van der Waals surface area contributed by atoms with Crippen molar-refractivity contribution in [1.29, 1.82) is 0 Å². The van der Waals surface area contributed by atoms with Gasteiger partial charge < -0.3 is 20.1 Å². The van der Waals surface area contributed by atoms with Crippen LogP contribution in [-0.2, 0) is 4.74 Å². The SMILES string of the molecule is COc1ccc(N)c(C(=O)OC(C)CN(C)C)c1. The number of hydrogen-bond donors (Lipinski definition) is 1. The number of methoxy groups -OCH3 is 1. The third kappa shape index (κ3) is 3.92. The lowest BCUT2D eigenvalue weighted by Gasteiger charge is -2.18. The Hall–Kier alpha value is -1.75. The second-order valence-corrected chi connectivity index (χ2v) is 4.43. The first-order valence-electron chi connectivity index (χ1n) is 5.73. The topological polar surface area (TPSA) is 64.8 Å². The van der Waals surface area contributed by atoms with Crippen molar-refractivity contribution in [2.75, 3.05) is 33.5 Å². The van der Waals surface area contributed by atoms with Gasteiger partial charge in [0.15, 0.2) is 0 Å². The number of nitrogens with zero attached hydrogens (tertiary/aromatic N) is 1. The fourth-order valence-electron chi connectivity index (χ4n) is 1.64. The van der Waals surface area contributed by atoms with E-state index in [1.807, 2.05) is 25.9 Å². The first-order chi connectivity index (χ1) is 8.43. The van der Waals surface area contributed by atoms with Gasteiger partial charge in [0, 0.05) is 12.2 Å². The molecule has 0 fully saturated rings. The summed E-state index contributed by atoms with van der Waals surface area (Å²) >= 11 is 0. The Labute approximate surface area is 107 Å². The molecule has 0 saturated carbocycles. The van der Waals surface area contributed by atoms with Crippen molar-refractivity contribution in [2.45, 2.75) is 13.0 Å². The number of anilines is 1. The van der Waals surface area contributed by atoms with Gasteiger partial charge >= 0.3 is 5.97 Å². The molecule has 0 heterocycles. The lowest BCUT2D eigenvalue weighted by Crippen LogP contribution is -2.28. The summed E-state index contributed by atoms with van der Waals surface area (Å²) in [6.07, 6.45) is -0.196. The van der Waals surface area contributed by atoms with Crippen molar-refractivity contribution in [3.63, 3.8) is 0 Å². The largest absolute Gasteiger partial charge is 0.497 e. The van der Waals surface area contributed by atoms with Gasteiger partial charge in [-0.05, 0) is 39.2 Å². The first kappa shape index (κ1) is 14.3. The molecule has 0 amide bonds. The van der Waals surface area contributed by atoms with E-state index in [4.69, 9.17) is 15.2 Å². The number of benzene rings is 1. The third-order valence-electron chi connectivity index (χ3n) is 2.41. The molecule has 1 aromatic rings. The lowest BCUT2D eigenvalue weighted by atomic mass is 10.1. The van der Waals surface area contributed by atoms with Gasteiger partial charge in [-0.15, -0.1) is 0 Å². The van der Waals surface area contributed by atoms with Crippen LogP contribution >= 0.6 is 0 Å². The Bertz CT molecular complexity index is 419. The molecule has 0 spiro atoms. The molecule has 1 atom stereocenters. The molecule has 0 aliphatic heterocycles. The molecule has 0 bridgehead atoms. The molecule has 5 heteroatoms. The normalized spacial score (nSPS) is 12.3. The van der Waals surface area contributed by atoms with Gasteiger partial charge in [-0.2, -0.15) is 0 Å². The smallest absolute Gasteiger partial charge is 0.340 e. The van der Waals surface area contributed by atoms with Crippen LogP contribution in [0.4, 0.5) is 5.69 Å². The van der Waals surface area contributed by atoms with Crippen LogP contribution in [0.15, 0.2) is 18.2 Å². The van der Waals surface area contributed by atoms with Crippen molar-refractivity contribution in [2.24, 2.45) is 0 Å². The summed E-state index contributed by atoms with van der Waals surface area (Å²) in [6, 6.07) is 4.92. The maximum atomic E-state index is 11.9. The zero-order valence-electron chi connectivity index (χ0n) is 11.3. The van der Waals surface area contributed by atoms with E-state index in [1.54, 1.807) is 18.2 Å². The van der Waals surface area contributed by atoms with Gasteiger partial charge in [-0.25, -0.2) is 4.79 Å². The molecule has 0 aliphatic rings. The minimum absolute atomic E-state index is 0.196. The highest BCUT2D eigenvalue weighted by Crippen LogP contribution is 2.20. The van der Waals surface area contributed by atoms with Crippen LogP contribution in [-0.4, -0.2) is 44.7 Å². The number of rotatable bonds is 5. The number of esters is 1. The number of carbonyl (C=O) groups is 1. The van der Waals surface area contributed by atoms with E-state index >= 15 is 0 Å². The highest BCUT2D eigenvalue weighted by molar-refractivity contribution is 5.95. The summed E-state index contributed by atoms with van der Waals surface area (Å²) in [6.45, 7) is 2.50. The van der Waals surface area contributed by atoms with E-state index in [1.165, 1.54) is 7.11 Å². The van der Waals surface area contributed by atoms with E-state index in [0.29, 0.717) is 23.5 Å². The van der Waals surface area contributed by atoms with E-state index in [9.17, 15) is 4.79 Å². The lowest BCUT2D eigenvalue weighted by molar-refractivity contribution is 0.0290. The fourth-order valence-corrected chi connectivity index (χ4v) is 1.64. The van der Waals surface area contributed by atoms with Gasteiger partial charge in [0.05, 0.1) is 12.7 Å². The molecule has 1 rings (SSSR count). The van der Waals surface area contributed by atoms with Gasteiger partial charge in [0.25, 0.3) is 0 Å². The van der Waals surface area contributed by atoms with Crippen LogP contribution in [0, 0.1) is 0 Å². The monoisotopic (exact) mass is 252 g/mol. The minimum Gasteiger partial charge on any atom is -0.497 e. The Kier molecular flexibility index (Phi) is 4.97. The molecule has 0 aliphatic carbocycles. The van der Waals surface area contributed by atoms with Crippen LogP contribution < -0.4 is 10.5 Å². The quantitative estimate of drug-likeness (QED) is 0.633. The standard InChI is InChI=1S/C13H20N2O3/c1-9(8-15(2)3)18-13(16)11-7-10(17-4)5-6-12(11)14/h5-7,9H,8,14H2,1-4H3. The first-order valence-corrected chi connectivity index (χ1v) is 5.73. The van der Waals surface area contributed by atoms with Crippen molar-refractivity contribution in [3.05, 3.63) is 23.8 Å². The molecule has 0 radical (unpaired) electrons. The molecule has 1 aromatic carbocycles. The molecule has 0 saturated heterocycles. The molecule has 5 nitrogen and oxygen atoms in total. The van der Waals surface area contributed by atoms with Crippen LogP contribution in [0.2, 0.25) is 0 Å². The molecular weight excluding hydrogens is 232 g/mol. The molecule has 18 heavy (non-hydrogen) atoms. The molecule has 2 N–H and O–H groups in total. The highest BCUT2D eigenvalue weighted by Gasteiger charge is 2.16. The summed E-state index contributed by atoms with van der Waals surface area (Å²) in [7, 11) is 5.38. The molecule has 100 valence electrons. The Balaban J connectivity index is 2.77. The maximum absolute atomic E-state index is 11.9. The Morgan fingerprint density at radius 2 is 2.11 bits per heavy atom. The maximum Gasteiger partial charge on any atom is 0.340 e. The fraction of sp³-hybridized carbons (Fsp3) is 0.462. The van der Waals surface area contributed by atoms with Crippen LogP contribution in [0.3, 0.4) is 0 Å². The van der Waals surface area contributed by atoms with Crippen LogP contribution in [0.1, 0.15) is 17.3 Å². The average molecular weight is 252 g/mol. The zero-order chi connectivity index (χ0) is 13.7. The number of ether oxygens (including phenoxy) is 2. The van der Waals surface area contributed by atoms with Crippen molar-refractivity contribution >= 4 is 11.7 Å². The van der Waals surface area contributed by atoms with Gasteiger partial charge in [0.1, 0.15) is 11.9 Å². The van der Waals surface area contributed by atoms with E-state index < -0.39 is 5.97 Å². The number of hydrogen-bond acceptors (Lipinski definition) is 5. The second-order valence-electron chi connectivity index (χ2n) is 4.43. The third-order valence-corrected chi connectivity index (χ3v) is 2.41. The van der Waals surface area contributed by atoms with Crippen molar-refractivity contribution in [1.82, 2.24) is 4.90 Å². The predicted octanol–water partition coefficient (Wildman–Crippen LogP) is 1.38. The summed E-state index contributed by atoms with van der Waals surface area (Å²) in [5.74, 6) is 0.150. The number of carbonyl (C=O) groups excluding carboxylic acids is 1. The molecule has 1 unspecified atom stereocenters. The van der Waals surface area contributed by atoms with E-state index in [0.717, 1.165) is 0 Å². The number of nitrogens with two attached hydrogens (primary N) is 1. The number of nitrogen functional groups attached to an aromatic ring is 1. The summed E-state index contributed by atoms with van der Waals surface area (Å²) in [5.41, 5.74) is 6.48. The van der Waals surface area contributed by atoms with Gasteiger partial charge in [0.2, 0.25) is 0 Å². The van der Waals surface area contributed by atoms with E-state index in [-0.39, 0.29) is 6.10 Å². The molecular formula is C13H20N2O3. The van der Waals surface area contributed by atoms with Gasteiger partial charge in [-0.3, -0.25) is 0 Å². The van der Waals surface area contributed by atoms with Crippen LogP contribution in [0.5, 0.6) is 5.75 Å². The minimum atomic E-state index is -0.430. The summed E-state index contributed by atoms with van der Waals surface area (Å²) in [5, 5.41) is 0. The number of likely N-dealkylation sites (N-methyl/N-ethyl adjacent to an activating group) is 1. The van der Waals surface area contributed by atoms with Crippen LogP contribution in [0.25, 0.3) is 0 Å². The summed E-state index contributed by atoms with van der Waals surface area (Å²) < 4.78 is 10.4. The van der Waals surface area contributed by atoms with Crippen molar-refractivity contribution in [3.8, 4) is 5.75 Å². The summed E-state index contributed by atoms with van der Waals surface area (Å²) in [4.78, 5) is 13.9. The average Bonchev–Trinajstić information content (AvgIpc) is 2.28. The predicted molar refractivity (Wildman–Crippen MR) is 70.8 cm³/mol. The van der Waals surface area contributed by atoms with Crippen molar-refractivity contribution < 1.29 is 14.3 Å². The highest BCUT2D eigenvalue weighted by atomic mass is 16.5. The zero-order valence-corrected chi connectivity index (χ0v) is 11.3. The Morgan fingerprint density at radius 1 is 1.44 bits per heavy atom. The Morgan fingerprint density at radius 3 is 2.67 bits per heavy atom. The second kappa shape index (κ2) is 6.26. The van der Waals surface area contributed by atoms with Gasteiger partial charge in [-0.1, -0.05) is 0 Å². The molecule has 0 aromatic heterocycles. The van der Waals surface area contributed by atoms with E-state index in [2.05, 4.69) is 0 Å².